The minimum atomic E-state index is -0.398. The molecule has 3 aromatic carbocycles. The highest BCUT2D eigenvalue weighted by Gasteiger charge is 2.17. The minimum absolute atomic E-state index is 0.268. The SMILES string of the molecule is Cc1cc(F)cc(NC(=O)N(CCCN2CCOCC2)Cc2ccc(C(=O)Nc3ccccc3N)cc2)c1. The average molecular weight is 520 g/mol. The van der Waals surface area contributed by atoms with E-state index in [-0.39, 0.29) is 11.9 Å². The number of ether oxygens (including phenoxy) is 1. The van der Waals surface area contributed by atoms with Crippen molar-refractivity contribution in [3.8, 4) is 0 Å². The fourth-order valence-electron chi connectivity index (χ4n) is 4.36. The molecule has 0 spiro atoms. The summed E-state index contributed by atoms with van der Waals surface area (Å²) in [4.78, 5) is 29.9. The number of carbonyl (C=O) groups excluding carboxylic acids is 2. The second-order valence-corrected chi connectivity index (χ2v) is 9.41. The van der Waals surface area contributed by atoms with Crippen molar-refractivity contribution in [3.05, 3.63) is 89.2 Å². The summed E-state index contributed by atoms with van der Waals surface area (Å²) in [6.07, 6.45) is 0.786. The normalized spacial score (nSPS) is 13.6. The number of urea groups is 1. The number of rotatable bonds is 9. The maximum Gasteiger partial charge on any atom is 0.322 e. The van der Waals surface area contributed by atoms with Crippen molar-refractivity contribution in [3.63, 3.8) is 0 Å². The lowest BCUT2D eigenvalue weighted by Crippen LogP contribution is -2.40. The first-order valence-electron chi connectivity index (χ1n) is 12.8. The average Bonchev–Trinajstić information content (AvgIpc) is 2.90. The van der Waals surface area contributed by atoms with Gasteiger partial charge in [-0.2, -0.15) is 0 Å². The number of benzene rings is 3. The molecule has 200 valence electrons. The van der Waals surface area contributed by atoms with Gasteiger partial charge < -0.3 is 26.0 Å². The van der Waals surface area contributed by atoms with Gasteiger partial charge in [-0.05, 0) is 66.9 Å². The Morgan fingerprint density at radius 2 is 1.76 bits per heavy atom. The molecule has 1 saturated heterocycles. The number of carbonyl (C=O) groups is 2. The number of para-hydroxylation sites is 2. The molecule has 3 aromatic rings. The summed E-state index contributed by atoms with van der Waals surface area (Å²) >= 11 is 0. The largest absolute Gasteiger partial charge is 0.397 e. The smallest absolute Gasteiger partial charge is 0.322 e. The van der Waals surface area contributed by atoms with E-state index in [0.717, 1.165) is 50.4 Å². The first kappa shape index (κ1) is 27.1. The Morgan fingerprint density at radius 1 is 1.03 bits per heavy atom. The third-order valence-corrected chi connectivity index (χ3v) is 6.39. The number of anilines is 3. The summed E-state index contributed by atoms with van der Waals surface area (Å²) in [5, 5.41) is 5.65. The van der Waals surface area contributed by atoms with Crippen LogP contribution in [0, 0.1) is 12.7 Å². The van der Waals surface area contributed by atoms with Crippen LogP contribution in [-0.4, -0.2) is 61.1 Å². The van der Waals surface area contributed by atoms with Crippen LogP contribution in [0.3, 0.4) is 0 Å². The van der Waals surface area contributed by atoms with Crippen LogP contribution in [0.15, 0.2) is 66.7 Å². The summed E-state index contributed by atoms with van der Waals surface area (Å²) in [6, 6.07) is 18.3. The van der Waals surface area contributed by atoms with Crippen molar-refractivity contribution >= 4 is 29.0 Å². The molecule has 0 aromatic heterocycles. The summed E-state index contributed by atoms with van der Waals surface area (Å²) in [5.74, 6) is -0.665. The number of nitrogens with two attached hydrogens (primary N) is 1. The van der Waals surface area contributed by atoms with Crippen LogP contribution in [0.2, 0.25) is 0 Å². The molecule has 1 fully saturated rings. The molecular weight excluding hydrogens is 485 g/mol. The molecule has 0 unspecified atom stereocenters. The number of halogens is 1. The van der Waals surface area contributed by atoms with E-state index in [1.807, 2.05) is 12.1 Å². The van der Waals surface area contributed by atoms with Crippen molar-refractivity contribution in [2.75, 3.05) is 55.8 Å². The Balaban J connectivity index is 1.42. The number of aryl methyl sites for hydroxylation is 1. The van der Waals surface area contributed by atoms with Gasteiger partial charge in [-0.3, -0.25) is 9.69 Å². The Kier molecular flexibility index (Phi) is 9.29. The number of nitrogens with one attached hydrogen (secondary N) is 2. The van der Waals surface area contributed by atoms with E-state index in [1.54, 1.807) is 54.3 Å². The van der Waals surface area contributed by atoms with Crippen molar-refractivity contribution < 1.29 is 18.7 Å². The quantitative estimate of drug-likeness (QED) is 0.355. The zero-order valence-corrected chi connectivity index (χ0v) is 21.6. The second kappa shape index (κ2) is 13.0. The lowest BCUT2D eigenvalue weighted by molar-refractivity contribution is 0.0365. The number of hydrogen-bond donors (Lipinski definition) is 3. The third kappa shape index (κ3) is 7.77. The number of morpholine rings is 1. The van der Waals surface area contributed by atoms with Crippen LogP contribution in [0.25, 0.3) is 0 Å². The van der Waals surface area contributed by atoms with Crippen molar-refractivity contribution in [2.45, 2.75) is 19.9 Å². The third-order valence-electron chi connectivity index (χ3n) is 6.39. The lowest BCUT2D eigenvalue weighted by atomic mass is 10.1. The molecular formula is C29H34FN5O3. The van der Waals surface area contributed by atoms with Crippen LogP contribution in [0.1, 0.15) is 27.9 Å². The Morgan fingerprint density at radius 3 is 2.47 bits per heavy atom. The standard InChI is InChI=1S/C29H34FN5O3/c1-21-17-24(30)19-25(18-21)32-29(37)35(12-4-11-34-13-15-38-16-14-34)20-22-7-9-23(10-8-22)28(36)33-27-6-3-2-5-26(27)31/h2-3,5-10,17-19H,4,11-16,20,31H2,1H3,(H,32,37)(H,33,36). The highest BCUT2D eigenvalue weighted by Crippen LogP contribution is 2.19. The monoisotopic (exact) mass is 519 g/mol. The maximum atomic E-state index is 13.9. The highest BCUT2D eigenvalue weighted by molar-refractivity contribution is 6.05. The minimum Gasteiger partial charge on any atom is -0.397 e. The molecule has 0 aliphatic carbocycles. The van der Waals surface area contributed by atoms with E-state index in [9.17, 15) is 14.0 Å². The molecule has 38 heavy (non-hydrogen) atoms. The predicted octanol–water partition coefficient (Wildman–Crippen LogP) is 4.73. The molecule has 1 aliphatic rings. The zero-order valence-electron chi connectivity index (χ0n) is 21.6. The van der Waals surface area contributed by atoms with E-state index in [0.29, 0.717) is 35.7 Å². The van der Waals surface area contributed by atoms with Crippen LogP contribution in [0.4, 0.5) is 26.2 Å². The lowest BCUT2D eigenvalue weighted by Gasteiger charge is -2.28. The predicted molar refractivity (Wildman–Crippen MR) is 148 cm³/mol. The maximum absolute atomic E-state index is 13.9. The van der Waals surface area contributed by atoms with Gasteiger partial charge >= 0.3 is 6.03 Å². The van der Waals surface area contributed by atoms with E-state index >= 15 is 0 Å². The van der Waals surface area contributed by atoms with E-state index < -0.39 is 5.82 Å². The molecule has 9 heteroatoms. The van der Waals surface area contributed by atoms with Gasteiger partial charge in [0.2, 0.25) is 0 Å². The summed E-state index contributed by atoms with van der Waals surface area (Å²) < 4.78 is 19.3. The second-order valence-electron chi connectivity index (χ2n) is 9.41. The summed E-state index contributed by atoms with van der Waals surface area (Å²) in [6.45, 7) is 6.71. The molecule has 1 heterocycles. The first-order chi connectivity index (χ1) is 18.4. The van der Waals surface area contributed by atoms with Gasteiger partial charge in [-0.1, -0.05) is 24.3 Å². The molecule has 4 rings (SSSR count). The molecule has 1 aliphatic heterocycles. The number of nitrogens with zero attached hydrogens (tertiary/aromatic N) is 2. The van der Waals surface area contributed by atoms with E-state index in [2.05, 4.69) is 15.5 Å². The van der Waals surface area contributed by atoms with Crippen molar-refractivity contribution in [1.29, 1.82) is 0 Å². The van der Waals surface area contributed by atoms with E-state index in [1.165, 1.54) is 12.1 Å². The van der Waals surface area contributed by atoms with Gasteiger partial charge in [-0.25, -0.2) is 9.18 Å². The molecule has 3 amide bonds. The van der Waals surface area contributed by atoms with Gasteiger partial charge in [0.15, 0.2) is 0 Å². The van der Waals surface area contributed by atoms with Gasteiger partial charge in [0.1, 0.15) is 5.82 Å². The van der Waals surface area contributed by atoms with Crippen molar-refractivity contribution in [2.24, 2.45) is 0 Å². The molecule has 4 N–H and O–H groups in total. The van der Waals surface area contributed by atoms with Crippen LogP contribution in [-0.2, 0) is 11.3 Å². The van der Waals surface area contributed by atoms with Crippen LogP contribution < -0.4 is 16.4 Å². The van der Waals surface area contributed by atoms with E-state index in [4.69, 9.17) is 10.5 Å². The van der Waals surface area contributed by atoms with Gasteiger partial charge in [-0.15, -0.1) is 0 Å². The van der Waals surface area contributed by atoms with Gasteiger partial charge in [0.25, 0.3) is 5.91 Å². The fourth-order valence-corrected chi connectivity index (χ4v) is 4.36. The molecule has 8 nitrogen and oxygen atoms in total. The van der Waals surface area contributed by atoms with Crippen molar-refractivity contribution in [1.82, 2.24) is 9.80 Å². The molecule has 0 bridgehead atoms. The summed E-state index contributed by atoms with van der Waals surface area (Å²) in [7, 11) is 0. The van der Waals surface area contributed by atoms with Crippen LogP contribution in [0.5, 0.6) is 0 Å². The molecule has 0 atom stereocenters. The molecule has 0 radical (unpaired) electrons. The Labute approximate surface area is 222 Å². The topological polar surface area (TPSA) is 99.9 Å². The number of hydrogen-bond acceptors (Lipinski definition) is 5. The zero-order chi connectivity index (χ0) is 26.9. The Hall–Kier alpha value is -3.95. The molecule has 0 saturated carbocycles. The van der Waals surface area contributed by atoms with Crippen LogP contribution >= 0.6 is 0 Å². The highest BCUT2D eigenvalue weighted by atomic mass is 19.1. The van der Waals surface area contributed by atoms with Gasteiger partial charge in [0, 0.05) is 44.0 Å². The first-order valence-corrected chi connectivity index (χ1v) is 12.8. The number of nitrogen functional groups attached to an aromatic ring is 1. The summed E-state index contributed by atoms with van der Waals surface area (Å²) in [5.41, 5.74) is 9.47. The van der Waals surface area contributed by atoms with Gasteiger partial charge in [0.05, 0.1) is 24.6 Å². The fraction of sp³-hybridized carbons (Fsp3) is 0.310. The number of amides is 3. The Bertz CT molecular complexity index is 1220.